The Labute approximate surface area is 151 Å². The summed E-state index contributed by atoms with van der Waals surface area (Å²) in [6, 6.07) is 31.8. The van der Waals surface area contributed by atoms with Gasteiger partial charge >= 0.3 is 0 Å². The van der Waals surface area contributed by atoms with Gasteiger partial charge in [0.25, 0.3) is 0 Å². The topological polar surface area (TPSA) is 12.4 Å². The first-order chi connectivity index (χ1) is 12.2. The number of aliphatic imine (C=N–C) groups is 1. The molecular weight excluding hydrogens is 302 g/mol. The minimum atomic E-state index is -0.515. The van der Waals surface area contributed by atoms with E-state index < -0.39 is 5.54 Å². The monoisotopic (exact) mass is 327 g/mol. The van der Waals surface area contributed by atoms with E-state index in [9.17, 15) is 0 Å². The zero-order chi connectivity index (χ0) is 17.5. The third kappa shape index (κ3) is 3.71. The molecule has 1 heteroatoms. The summed E-state index contributed by atoms with van der Waals surface area (Å²) >= 11 is 0. The molecule has 0 heterocycles. The Morgan fingerprint density at radius 1 is 0.680 bits per heavy atom. The van der Waals surface area contributed by atoms with Crippen LogP contribution in [0.5, 0.6) is 0 Å². The second-order valence-electron chi connectivity index (χ2n) is 6.75. The Morgan fingerprint density at radius 2 is 1.04 bits per heavy atom. The summed E-state index contributed by atoms with van der Waals surface area (Å²) in [6.07, 6.45) is 3.06. The molecule has 0 amide bonds. The smallest absolute Gasteiger partial charge is 0.135 e. The zero-order valence-corrected chi connectivity index (χ0v) is 15.0. The van der Waals surface area contributed by atoms with Gasteiger partial charge in [0.05, 0.1) is 0 Å². The molecule has 1 nitrogen and oxygen atoms in total. The van der Waals surface area contributed by atoms with Gasteiger partial charge in [0.2, 0.25) is 0 Å². The van der Waals surface area contributed by atoms with Crippen molar-refractivity contribution in [3.8, 4) is 0 Å². The normalized spacial score (nSPS) is 12.0. The minimum Gasteiger partial charge on any atom is -0.276 e. The summed E-state index contributed by atoms with van der Waals surface area (Å²) < 4.78 is 0. The van der Waals surface area contributed by atoms with E-state index in [0.29, 0.717) is 5.92 Å². The molecule has 0 aliphatic carbocycles. The molecule has 0 atom stereocenters. The third-order valence-corrected chi connectivity index (χ3v) is 4.44. The molecular formula is C24H25N. The first kappa shape index (κ1) is 17.2. The Kier molecular flexibility index (Phi) is 5.45. The molecule has 0 fully saturated rings. The molecule has 0 spiro atoms. The summed E-state index contributed by atoms with van der Waals surface area (Å²) in [4.78, 5) is 5.18. The van der Waals surface area contributed by atoms with Crippen molar-refractivity contribution in [2.24, 2.45) is 10.9 Å². The molecule has 3 aromatic carbocycles. The Balaban J connectivity index is 2.26. The van der Waals surface area contributed by atoms with Crippen LogP contribution in [0.25, 0.3) is 0 Å². The van der Waals surface area contributed by atoms with Crippen molar-refractivity contribution >= 4 is 6.21 Å². The molecule has 0 aromatic heterocycles. The lowest BCUT2D eigenvalue weighted by Crippen LogP contribution is -2.27. The van der Waals surface area contributed by atoms with Crippen LogP contribution in [0.2, 0.25) is 0 Å². The molecule has 25 heavy (non-hydrogen) atoms. The van der Waals surface area contributed by atoms with Crippen molar-refractivity contribution in [2.75, 3.05) is 0 Å². The Bertz CT molecular complexity index is 693. The highest BCUT2D eigenvalue weighted by molar-refractivity contribution is 5.63. The summed E-state index contributed by atoms with van der Waals surface area (Å²) in [7, 11) is 0. The third-order valence-electron chi connectivity index (χ3n) is 4.44. The van der Waals surface area contributed by atoms with Crippen molar-refractivity contribution in [3.05, 3.63) is 108 Å². The fraction of sp³-hybridized carbons (Fsp3) is 0.208. The number of rotatable bonds is 6. The molecule has 0 radical (unpaired) electrons. The van der Waals surface area contributed by atoms with E-state index in [2.05, 4.69) is 111 Å². The van der Waals surface area contributed by atoms with Gasteiger partial charge in [-0.05, 0) is 29.0 Å². The van der Waals surface area contributed by atoms with Gasteiger partial charge in [-0.3, -0.25) is 4.99 Å². The SMILES string of the molecule is CC(C)C/C=N/C(c1ccccc1)(c1ccccc1)c1ccccc1. The van der Waals surface area contributed by atoms with E-state index in [0.717, 1.165) is 6.42 Å². The number of nitrogens with zero attached hydrogens (tertiary/aromatic N) is 1. The average molecular weight is 327 g/mol. The summed E-state index contributed by atoms with van der Waals surface area (Å²) in [6.45, 7) is 4.45. The van der Waals surface area contributed by atoms with Crippen molar-refractivity contribution in [2.45, 2.75) is 25.8 Å². The highest BCUT2D eigenvalue weighted by atomic mass is 14.9. The maximum Gasteiger partial charge on any atom is 0.135 e. The summed E-state index contributed by atoms with van der Waals surface area (Å²) in [5.74, 6) is 0.587. The predicted molar refractivity (Wildman–Crippen MR) is 107 cm³/mol. The van der Waals surface area contributed by atoms with Crippen LogP contribution in [-0.2, 0) is 5.54 Å². The lowest BCUT2D eigenvalue weighted by atomic mass is 9.77. The van der Waals surface area contributed by atoms with Gasteiger partial charge in [-0.2, -0.15) is 0 Å². The molecule has 0 saturated heterocycles. The molecule has 0 unspecified atom stereocenters. The first-order valence-electron chi connectivity index (χ1n) is 8.94. The molecule has 0 aliphatic rings. The van der Waals surface area contributed by atoms with Crippen LogP contribution < -0.4 is 0 Å². The molecule has 0 bridgehead atoms. The van der Waals surface area contributed by atoms with Gasteiger partial charge in [0.15, 0.2) is 0 Å². The second kappa shape index (κ2) is 7.94. The highest BCUT2D eigenvalue weighted by Crippen LogP contribution is 2.40. The zero-order valence-electron chi connectivity index (χ0n) is 15.0. The second-order valence-corrected chi connectivity index (χ2v) is 6.75. The van der Waals surface area contributed by atoms with Crippen molar-refractivity contribution in [1.82, 2.24) is 0 Å². The van der Waals surface area contributed by atoms with E-state index in [1.807, 2.05) is 0 Å². The fourth-order valence-electron chi connectivity index (χ4n) is 3.16. The Morgan fingerprint density at radius 3 is 1.36 bits per heavy atom. The summed E-state index contributed by atoms with van der Waals surface area (Å²) in [5.41, 5.74) is 3.05. The maximum absolute atomic E-state index is 5.18. The van der Waals surface area contributed by atoms with E-state index >= 15 is 0 Å². The van der Waals surface area contributed by atoms with Gasteiger partial charge in [-0.25, -0.2) is 0 Å². The van der Waals surface area contributed by atoms with E-state index in [4.69, 9.17) is 4.99 Å². The largest absolute Gasteiger partial charge is 0.276 e. The van der Waals surface area contributed by atoms with Crippen LogP contribution in [0.1, 0.15) is 37.0 Å². The van der Waals surface area contributed by atoms with Gasteiger partial charge in [-0.15, -0.1) is 0 Å². The van der Waals surface area contributed by atoms with Gasteiger partial charge in [0, 0.05) is 6.21 Å². The lowest BCUT2D eigenvalue weighted by Gasteiger charge is -2.32. The predicted octanol–water partition coefficient (Wildman–Crippen LogP) is 6.10. The van der Waals surface area contributed by atoms with Crippen molar-refractivity contribution < 1.29 is 0 Å². The average Bonchev–Trinajstić information content (AvgIpc) is 2.67. The molecule has 0 saturated carbocycles. The molecule has 126 valence electrons. The van der Waals surface area contributed by atoms with Crippen LogP contribution in [0.15, 0.2) is 96.0 Å². The van der Waals surface area contributed by atoms with Crippen LogP contribution in [0.4, 0.5) is 0 Å². The van der Waals surface area contributed by atoms with Crippen LogP contribution in [0.3, 0.4) is 0 Å². The lowest BCUT2D eigenvalue weighted by molar-refractivity contribution is 0.642. The highest BCUT2D eigenvalue weighted by Gasteiger charge is 2.35. The quantitative estimate of drug-likeness (QED) is 0.383. The number of hydrogen-bond donors (Lipinski definition) is 0. The number of benzene rings is 3. The Hall–Kier alpha value is -2.67. The molecule has 3 aromatic rings. The number of hydrogen-bond acceptors (Lipinski definition) is 1. The van der Waals surface area contributed by atoms with Gasteiger partial charge < -0.3 is 0 Å². The molecule has 0 N–H and O–H groups in total. The van der Waals surface area contributed by atoms with E-state index in [-0.39, 0.29) is 0 Å². The van der Waals surface area contributed by atoms with Crippen LogP contribution in [-0.4, -0.2) is 6.21 Å². The summed E-state index contributed by atoms with van der Waals surface area (Å²) in [5, 5.41) is 0. The van der Waals surface area contributed by atoms with Crippen LogP contribution in [0, 0.1) is 5.92 Å². The first-order valence-corrected chi connectivity index (χ1v) is 8.94. The van der Waals surface area contributed by atoms with E-state index in [1.54, 1.807) is 0 Å². The molecule has 0 aliphatic heterocycles. The van der Waals surface area contributed by atoms with Gasteiger partial charge in [-0.1, -0.05) is 105 Å². The fourth-order valence-corrected chi connectivity index (χ4v) is 3.16. The molecule has 3 rings (SSSR count). The van der Waals surface area contributed by atoms with E-state index in [1.165, 1.54) is 16.7 Å². The van der Waals surface area contributed by atoms with Crippen molar-refractivity contribution in [3.63, 3.8) is 0 Å². The maximum atomic E-state index is 5.18. The minimum absolute atomic E-state index is 0.515. The van der Waals surface area contributed by atoms with Crippen molar-refractivity contribution in [1.29, 1.82) is 0 Å². The van der Waals surface area contributed by atoms with Crippen LogP contribution >= 0.6 is 0 Å². The standard InChI is InChI=1S/C24H25N/c1-20(2)18-19-25-24(21-12-6-3-7-13-21,22-14-8-4-9-15-22)23-16-10-5-11-17-23/h3-17,19-20H,18H2,1-2H3/b25-19+. The van der Waals surface area contributed by atoms with Gasteiger partial charge in [0.1, 0.15) is 5.54 Å².